The Morgan fingerprint density at radius 1 is 0.444 bits per heavy atom. The predicted molar refractivity (Wildman–Crippen MR) is 76.1 cm³/mol. The molecule has 0 saturated carbocycles. The SMILES string of the molecule is C1=CC=C2CCC3=CC=CC=C4CCC(=C1)C2=C43. The number of rotatable bonds is 0. The molecule has 0 fully saturated rings. The lowest BCUT2D eigenvalue weighted by atomic mass is 9.72. The highest BCUT2D eigenvalue weighted by atomic mass is 14.3. The summed E-state index contributed by atoms with van der Waals surface area (Å²) in [5.41, 5.74) is 9.23. The minimum Gasteiger partial charge on any atom is -0.0620 e. The highest BCUT2D eigenvalue weighted by Gasteiger charge is 2.29. The average molecular weight is 232 g/mol. The van der Waals surface area contributed by atoms with Crippen molar-refractivity contribution in [1.82, 2.24) is 0 Å². The Kier molecular flexibility index (Phi) is 2.16. The molecular weight excluding hydrogens is 216 g/mol. The van der Waals surface area contributed by atoms with Gasteiger partial charge in [0.1, 0.15) is 0 Å². The fourth-order valence-electron chi connectivity index (χ4n) is 3.45. The molecule has 0 heterocycles. The highest BCUT2D eigenvalue weighted by molar-refractivity contribution is 5.69. The molecule has 0 radical (unpaired) electrons. The van der Waals surface area contributed by atoms with Gasteiger partial charge in [-0.25, -0.2) is 0 Å². The summed E-state index contributed by atoms with van der Waals surface area (Å²) in [7, 11) is 0. The molecule has 88 valence electrons. The molecule has 0 aliphatic heterocycles. The summed E-state index contributed by atoms with van der Waals surface area (Å²) < 4.78 is 0. The second-order valence-electron chi connectivity index (χ2n) is 5.29. The number of hydrogen-bond donors (Lipinski definition) is 0. The van der Waals surface area contributed by atoms with Crippen molar-refractivity contribution in [1.29, 1.82) is 0 Å². The van der Waals surface area contributed by atoms with Crippen molar-refractivity contribution in [2.24, 2.45) is 0 Å². The van der Waals surface area contributed by atoms with Crippen LogP contribution in [0.15, 0.2) is 82.0 Å². The number of allylic oxidation sites excluding steroid dienone is 14. The van der Waals surface area contributed by atoms with Gasteiger partial charge in [-0.3, -0.25) is 0 Å². The second-order valence-corrected chi connectivity index (χ2v) is 5.29. The van der Waals surface area contributed by atoms with Gasteiger partial charge in [0, 0.05) is 0 Å². The van der Waals surface area contributed by atoms with Crippen molar-refractivity contribution in [3.63, 3.8) is 0 Å². The van der Waals surface area contributed by atoms with Crippen LogP contribution in [0, 0.1) is 0 Å². The molecule has 0 unspecified atom stereocenters. The summed E-state index contributed by atoms with van der Waals surface area (Å²) in [6.45, 7) is 0. The maximum Gasteiger partial charge on any atom is -0.0114 e. The monoisotopic (exact) mass is 232 g/mol. The smallest absolute Gasteiger partial charge is 0.0114 e. The van der Waals surface area contributed by atoms with Crippen LogP contribution in [-0.2, 0) is 0 Å². The summed E-state index contributed by atoms with van der Waals surface area (Å²) in [4.78, 5) is 0. The first-order valence-corrected chi connectivity index (χ1v) is 6.82. The molecule has 0 nitrogen and oxygen atoms in total. The maximum atomic E-state index is 2.31. The molecule has 0 atom stereocenters. The van der Waals surface area contributed by atoms with E-state index in [0.717, 1.165) is 0 Å². The van der Waals surface area contributed by atoms with Crippen molar-refractivity contribution in [3.05, 3.63) is 82.0 Å². The van der Waals surface area contributed by atoms with E-state index in [0.29, 0.717) is 0 Å². The Balaban J connectivity index is 2.06. The third kappa shape index (κ3) is 1.38. The first-order chi connectivity index (χ1) is 8.93. The quantitative estimate of drug-likeness (QED) is 0.567. The van der Waals surface area contributed by atoms with Gasteiger partial charge >= 0.3 is 0 Å². The zero-order valence-electron chi connectivity index (χ0n) is 10.4. The van der Waals surface area contributed by atoms with Gasteiger partial charge in [-0.05, 0) is 59.1 Å². The molecule has 18 heavy (non-hydrogen) atoms. The standard InChI is InChI=1S/C18H16/c1-2-6-14-11-12-16-8-4-3-7-15-10-9-13(5-1)17(14)18(15)16/h1-8H,9-12H2. The second kappa shape index (κ2) is 3.84. The molecule has 4 rings (SSSR count). The van der Waals surface area contributed by atoms with E-state index < -0.39 is 0 Å². The van der Waals surface area contributed by atoms with Crippen molar-refractivity contribution in [3.8, 4) is 0 Å². The normalized spacial score (nSPS) is 24.4. The van der Waals surface area contributed by atoms with Gasteiger partial charge in [0.2, 0.25) is 0 Å². The minimum absolute atomic E-state index is 1.19. The van der Waals surface area contributed by atoms with Gasteiger partial charge < -0.3 is 0 Å². The zero-order valence-corrected chi connectivity index (χ0v) is 10.4. The Labute approximate surface area is 108 Å². The first-order valence-electron chi connectivity index (χ1n) is 6.82. The molecule has 0 N–H and O–H groups in total. The Morgan fingerprint density at radius 2 is 0.722 bits per heavy atom. The van der Waals surface area contributed by atoms with Gasteiger partial charge in [-0.2, -0.15) is 0 Å². The van der Waals surface area contributed by atoms with Crippen molar-refractivity contribution in [2.75, 3.05) is 0 Å². The van der Waals surface area contributed by atoms with Crippen LogP contribution in [-0.4, -0.2) is 0 Å². The molecule has 0 bridgehead atoms. The summed E-state index contributed by atoms with van der Waals surface area (Å²) in [5, 5.41) is 0. The molecule has 0 aromatic rings. The van der Waals surface area contributed by atoms with Gasteiger partial charge in [0.25, 0.3) is 0 Å². The predicted octanol–water partition coefficient (Wildman–Crippen LogP) is 4.72. The van der Waals surface area contributed by atoms with Crippen molar-refractivity contribution < 1.29 is 0 Å². The van der Waals surface area contributed by atoms with Crippen LogP contribution in [0.3, 0.4) is 0 Å². The lowest BCUT2D eigenvalue weighted by Crippen LogP contribution is -2.14. The Bertz CT molecular complexity index is 517. The van der Waals surface area contributed by atoms with E-state index in [2.05, 4.69) is 48.6 Å². The molecule has 0 aromatic heterocycles. The summed E-state index contributed by atoms with van der Waals surface area (Å²) >= 11 is 0. The molecule has 0 aromatic carbocycles. The molecule has 0 saturated heterocycles. The molecule has 0 spiro atoms. The van der Waals surface area contributed by atoms with Crippen LogP contribution in [0.4, 0.5) is 0 Å². The topological polar surface area (TPSA) is 0 Å². The average Bonchev–Trinajstić information content (AvgIpc) is 2.72. The largest absolute Gasteiger partial charge is 0.0620 e. The summed E-state index contributed by atoms with van der Waals surface area (Å²) in [5.74, 6) is 0. The van der Waals surface area contributed by atoms with Gasteiger partial charge in [-0.1, -0.05) is 48.6 Å². The fraction of sp³-hybridized carbons (Fsp3) is 0.222. The van der Waals surface area contributed by atoms with E-state index in [4.69, 9.17) is 0 Å². The van der Waals surface area contributed by atoms with Crippen molar-refractivity contribution in [2.45, 2.75) is 25.7 Å². The van der Waals surface area contributed by atoms with Gasteiger partial charge in [0.05, 0.1) is 0 Å². The molecular formula is C18H16. The Morgan fingerprint density at radius 3 is 1.00 bits per heavy atom. The van der Waals surface area contributed by atoms with E-state index in [9.17, 15) is 0 Å². The first kappa shape index (κ1) is 10.1. The molecule has 4 aliphatic carbocycles. The lowest BCUT2D eigenvalue weighted by Gasteiger charge is -2.32. The van der Waals surface area contributed by atoms with Crippen LogP contribution in [0.5, 0.6) is 0 Å². The minimum atomic E-state index is 1.19. The van der Waals surface area contributed by atoms with Gasteiger partial charge in [0.15, 0.2) is 0 Å². The Hall–Kier alpha value is -1.82. The van der Waals surface area contributed by atoms with Crippen LogP contribution in [0.2, 0.25) is 0 Å². The van der Waals surface area contributed by atoms with E-state index in [1.165, 1.54) is 48.0 Å². The molecule has 0 amide bonds. The maximum absolute atomic E-state index is 2.31. The summed E-state index contributed by atoms with van der Waals surface area (Å²) in [6, 6.07) is 0. The van der Waals surface area contributed by atoms with Gasteiger partial charge in [-0.15, -0.1) is 0 Å². The van der Waals surface area contributed by atoms with Crippen LogP contribution >= 0.6 is 0 Å². The molecule has 0 heteroatoms. The lowest BCUT2D eigenvalue weighted by molar-refractivity contribution is 0.825. The third-order valence-corrected chi connectivity index (χ3v) is 4.27. The molecule has 4 aliphatic rings. The van der Waals surface area contributed by atoms with E-state index >= 15 is 0 Å². The zero-order chi connectivity index (χ0) is 11.9. The van der Waals surface area contributed by atoms with E-state index in [1.807, 2.05) is 0 Å². The van der Waals surface area contributed by atoms with Crippen molar-refractivity contribution >= 4 is 0 Å². The third-order valence-electron chi connectivity index (χ3n) is 4.27. The summed E-state index contributed by atoms with van der Waals surface area (Å²) in [6.07, 6.45) is 22.8. The number of hydrogen-bond acceptors (Lipinski definition) is 0. The van der Waals surface area contributed by atoms with Crippen LogP contribution in [0.1, 0.15) is 25.7 Å². The van der Waals surface area contributed by atoms with E-state index in [1.54, 1.807) is 11.1 Å². The van der Waals surface area contributed by atoms with Crippen LogP contribution < -0.4 is 0 Å². The van der Waals surface area contributed by atoms with Crippen LogP contribution in [0.25, 0.3) is 0 Å². The highest BCUT2D eigenvalue weighted by Crippen LogP contribution is 2.47. The van der Waals surface area contributed by atoms with E-state index in [-0.39, 0.29) is 0 Å². The fourth-order valence-corrected chi connectivity index (χ4v) is 3.45.